The number of amides is 1. The maximum Gasteiger partial charge on any atom is 0.257 e. The van der Waals surface area contributed by atoms with Gasteiger partial charge < -0.3 is 19.1 Å². The summed E-state index contributed by atoms with van der Waals surface area (Å²) in [5, 5.41) is 0.625. The van der Waals surface area contributed by atoms with Crippen molar-refractivity contribution in [3.8, 4) is 0 Å². The molecule has 1 unspecified atom stereocenters. The number of rotatable bonds is 4. The predicted molar refractivity (Wildman–Crippen MR) is 122 cm³/mol. The number of halogens is 1. The summed E-state index contributed by atoms with van der Waals surface area (Å²) < 4.78 is 5.78. The van der Waals surface area contributed by atoms with Crippen molar-refractivity contribution in [2.45, 2.75) is 25.9 Å². The molecule has 5 rings (SSSR count). The Morgan fingerprint density at radius 1 is 1.13 bits per heavy atom. The smallest absolute Gasteiger partial charge is 0.257 e. The van der Waals surface area contributed by atoms with Crippen molar-refractivity contribution in [2.75, 3.05) is 36.0 Å². The molecule has 0 saturated carbocycles. The fraction of sp³-hybridized carbons (Fsp3) is 0.333. The Morgan fingerprint density at radius 2 is 1.94 bits per heavy atom. The van der Waals surface area contributed by atoms with Crippen molar-refractivity contribution < 1.29 is 9.21 Å². The summed E-state index contributed by atoms with van der Waals surface area (Å²) in [4.78, 5) is 24.1. The number of nitrogens with zero attached hydrogens (tertiary/aromatic N) is 4. The first-order chi connectivity index (χ1) is 15.1. The topological polar surface area (TPSA) is 52.8 Å². The molecule has 0 N–H and O–H groups in total. The first-order valence-electron chi connectivity index (χ1n) is 10.7. The first kappa shape index (κ1) is 19.9. The molecule has 160 valence electrons. The summed E-state index contributed by atoms with van der Waals surface area (Å²) in [6, 6.07) is 14.4. The van der Waals surface area contributed by atoms with Crippen LogP contribution in [0.4, 0.5) is 11.5 Å². The number of hydrogen-bond acceptors (Lipinski definition) is 5. The molecule has 31 heavy (non-hydrogen) atoms. The molecular weight excluding hydrogens is 412 g/mol. The standard InChI is InChI=1S/C24H25ClN4O2/c1-17-14-18-4-2-3-5-21(18)29(17)16-22-20(8-13-31-22)24(30)28-11-9-27(10-12-28)23-7-6-19(25)15-26-23/h2-8,13,15,17H,9-12,14,16H2,1H3. The summed E-state index contributed by atoms with van der Waals surface area (Å²) >= 11 is 5.94. The number of pyridine rings is 1. The van der Waals surface area contributed by atoms with E-state index in [9.17, 15) is 4.79 Å². The molecule has 2 aliphatic rings. The molecule has 1 saturated heterocycles. The van der Waals surface area contributed by atoms with Crippen LogP contribution in [0.15, 0.2) is 59.3 Å². The summed E-state index contributed by atoms with van der Waals surface area (Å²) in [7, 11) is 0. The van der Waals surface area contributed by atoms with Crippen LogP contribution in [0.25, 0.3) is 0 Å². The summed E-state index contributed by atoms with van der Waals surface area (Å²) in [5.41, 5.74) is 3.24. The Balaban J connectivity index is 1.27. The van der Waals surface area contributed by atoms with Gasteiger partial charge in [0.15, 0.2) is 0 Å². The van der Waals surface area contributed by atoms with Crippen molar-refractivity contribution in [1.29, 1.82) is 0 Å². The molecule has 3 aromatic rings. The third-order valence-corrected chi connectivity index (χ3v) is 6.46. The second kappa shape index (κ2) is 8.27. The molecule has 2 aliphatic heterocycles. The fourth-order valence-corrected chi connectivity index (χ4v) is 4.65. The minimum Gasteiger partial charge on any atom is -0.467 e. The minimum atomic E-state index is 0.0348. The van der Waals surface area contributed by atoms with Gasteiger partial charge in [-0.05, 0) is 43.2 Å². The number of benzene rings is 1. The van der Waals surface area contributed by atoms with E-state index in [-0.39, 0.29) is 5.91 Å². The number of fused-ring (bicyclic) bond motifs is 1. The van der Waals surface area contributed by atoms with Gasteiger partial charge in [0.25, 0.3) is 5.91 Å². The molecule has 7 heteroatoms. The molecule has 1 fully saturated rings. The van der Waals surface area contributed by atoms with Gasteiger partial charge in [-0.1, -0.05) is 29.8 Å². The van der Waals surface area contributed by atoms with Gasteiger partial charge in [0.1, 0.15) is 11.6 Å². The van der Waals surface area contributed by atoms with Crippen molar-refractivity contribution in [1.82, 2.24) is 9.88 Å². The lowest BCUT2D eigenvalue weighted by Gasteiger charge is -2.35. The van der Waals surface area contributed by atoms with Gasteiger partial charge in [-0.15, -0.1) is 0 Å². The van der Waals surface area contributed by atoms with Gasteiger partial charge in [-0.2, -0.15) is 0 Å². The fourth-order valence-electron chi connectivity index (χ4n) is 4.54. The summed E-state index contributed by atoms with van der Waals surface area (Å²) in [5.74, 6) is 1.66. The van der Waals surface area contributed by atoms with E-state index in [0.29, 0.717) is 36.3 Å². The van der Waals surface area contributed by atoms with Gasteiger partial charge in [0, 0.05) is 44.1 Å². The van der Waals surface area contributed by atoms with Gasteiger partial charge in [-0.3, -0.25) is 4.79 Å². The SMILES string of the molecule is CC1Cc2ccccc2N1Cc1occc1C(=O)N1CCN(c2ccc(Cl)cn2)CC1. The van der Waals surface area contributed by atoms with Gasteiger partial charge in [0.2, 0.25) is 0 Å². The van der Waals surface area contributed by atoms with Crippen LogP contribution in [0.2, 0.25) is 5.02 Å². The van der Waals surface area contributed by atoms with Crippen molar-refractivity contribution in [3.63, 3.8) is 0 Å². The van der Waals surface area contributed by atoms with Crippen LogP contribution in [0.1, 0.15) is 28.6 Å². The number of aromatic nitrogens is 1. The third kappa shape index (κ3) is 3.88. The number of carbonyl (C=O) groups is 1. The zero-order chi connectivity index (χ0) is 21.4. The molecule has 4 heterocycles. The lowest BCUT2D eigenvalue weighted by molar-refractivity contribution is 0.0744. The van der Waals surface area contributed by atoms with Crippen LogP contribution in [0.5, 0.6) is 0 Å². The van der Waals surface area contributed by atoms with E-state index in [2.05, 4.69) is 46.0 Å². The second-order valence-electron chi connectivity index (χ2n) is 8.18. The van der Waals surface area contributed by atoms with Gasteiger partial charge in [0.05, 0.1) is 23.4 Å². The number of carbonyl (C=O) groups excluding carboxylic acids is 1. The highest BCUT2D eigenvalue weighted by Crippen LogP contribution is 2.33. The number of furan rings is 1. The molecule has 0 radical (unpaired) electrons. The Hall–Kier alpha value is -2.99. The average Bonchev–Trinajstić information content (AvgIpc) is 3.38. The zero-order valence-electron chi connectivity index (χ0n) is 17.5. The molecule has 0 bridgehead atoms. The highest BCUT2D eigenvalue weighted by atomic mass is 35.5. The Morgan fingerprint density at radius 3 is 2.71 bits per heavy atom. The zero-order valence-corrected chi connectivity index (χ0v) is 18.3. The first-order valence-corrected chi connectivity index (χ1v) is 11.0. The van der Waals surface area contributed by atoms with E-state index >= 15 is 0 Å². The normalized spacial score (nSPS) is 18.4. The Labute approximate surface area is 187 Å². The van der Waals surface area contributed by atoms with Gasteiger partial charge >= 0.3 is 0 Å². The average molecular weight is 437 g/mol. The monoisotopic (exact) mass is 436 g/mol. The van der Waals surface area contributed by atoms with E-state index in [4.69, 9.17) is 16.0 Å². The lowest BCUT2D eigenvalue weighted by atomic mass is 10.1. The van der Waals surface area contributed by atoms with Crippen LogP contribution < -0.4 is 9.80 Å². The second-order valence-corrected chi connectivity index (χ2v) is 8.62. The van der Waals surface area contributed by atoms with Crippen LogP contribution in [0, 0.1) is 0 Å². The lowest BCUT2D eigenvalue weighted by Crippen LogP contribution is -2.49. The van der Waals surface area contributed by atoms with E-state index in [1.54, 1.807) is 18.5 Å². The molecule has 0 spiro atoms. The maximum atomic E-state index is 13.3. The number of para-hydroxylation sites is 1. The largest absolute Gasteiger partial charge is 0.467 e. The quantitative estimate of drug-likeness (QED) is 0.612. The number of hydrogen-bond donors (Lipinski definition) is 0. The van der Waals surface area contributed by atoms with Crippen LogP contribution in [-0.2, 0) is 13.0 Å². The molecule has 0 aliphatic carbocycles. The minimum absolute atomic E-state index is 0.0348. The Kier molecular flexibility index (Phi) is 5.32. The molecule has 6 nitrogen and oxygen atoms in total. The van der Waals surface area contributed by atoms with E-state index in [1.165, 1.54) is 11.3 Å². The molecule has 1 amide bonds. The van der Waals surface area contributed by atoms with E-state index in [1.807, 2.05) is 17.0 Å². The summed E-state index contributed by atoms with van der Waals surface area (Å²) in [6.07, 6.45) is 4.30. The number of piperazine rings is 1. The van der Waals surface area contributed by atoms with Crippen LogP contribution >= 0.6 is 11.6 Å². The molecule has 1 atom stereocenters. The van der Waals surface area contributed by atoms with Crippen molar-refractivity contribution >= 4 is 29.0 Å². The number of anilines is 2. The Bertz CT molecular complexity index is 1070. The van der Waals surface area contributed by atoms with Crippen LogP contribution in [-0.4, -0.2) is 48.0 Å². The summed E-state index contributed by atoms with van der Waals surface area (Å²) in [6.45, 7) is 5.59. The van der Waals surface area contributed by atoms with Crippen molar-refractivity contribution in [2.24, 2.45) is 0 Å². The van der Waals surface area contributed by atoms with E-state index in [0.717, 1.165) is 31.1 Å². The highest BCUT2D eigenvalue weighted by molar-refractivity contribution is 6.30. The predicted octanol–water partition coefficient (Wildman–Crippen LogP) is 4.24. The third-order valence-electron chi connectivity index (χ3n) is 6.24. The van der Waals surface area contributed by atoms with Gasteiger partial charge in [-0.25, -0.2) is 4.98 Å². The maximum absolute atomic E-state index is 13.3. The van der Waals surface area contributed by atoms with Crippen molar-refractivity contribution in [3.05, 3.63) is 76.8 Å². The molecular formula is C24H25ClN4O2. The van der Waals surface area contributed by atoms with E-state index < -0.39 is 0 Å². The molecule has 2 aromatic heterocycles. The highest BCUT2D eigenvalue weighted by Gasteiger charge is 2.30. The van der Waals surface area contributed by atoms with Crippen LogP contribution in [0.3, 0.4) is 0 Å². The molecule has 1 aromatic carbocycles.